The Hall–Kier alpha value is -3.35. The van der Waals surface area contributed by atoms with Crippen LogP contribution in [0.2, 0.25) is 0 Å². The maximum absolute atomic E-state index is 13.2. The van der Waals surface area contributed by atoms with E-state index in [2.05, 4.69) is 45.3 Å². The fourth-order valence-electron chi connectivity index (χ4n) is 5.38. The highest BCUT2D eigenvalue weighted by Crippen LogP contribution is 2.31. The fraction of sp³-hybridized carbons (Fsp3) is 0.690. The Bertz CT molecular complexity index is 1260. The van der Waals surface area contributed by atoms with Crippen LogP contribution in [0.5, 0.6) is 0 Å². The van der Waals surface area contributed by atoms with E-state index in [9.17, 15) is 24.3 Å². The zero-order valence-corrected chi connectivity index (χ0v) is 36.2. The van der Waals surface area contributed by atoms with Gasteiger partial charge in [-0.05, 0) is 63.6 Å². The lowest BCUT2D eigenvalue weighted by molar-refractivity contribution is -0.137. The van der Waals surface area contributed by atoms with Crippen molar-refractivity contribution in [3.63, 3.8) is 0 Å². The second kappa shape index (κ2) is 33.0. The Morgan fingerprint density at radius 1 is 0.963 bits per heavy atom. The van der Waals surface area contributed by atoms with Gasteiger partial charge in [0.15, 0.2) is 0 Å². The second-order valence-corrected chi connectivity index (χ2v) is 14.5. The number of benzene rings is 1. The lowest BCUT2D eigenvalue weighted by Gasteiger charge is -2.36. The van der Waals surface area contributed by atoms with E-state index in [0.29, 0.717) is 56.9 Å². The first-order valence-corrected chi connectivity index (χ1v) is 21.0. The molecule has 0 radical (unpaired) electrons. The van der Waals surface area contributed by atoms with Crippen molar-refractivity contribution in [3.05, 3.63) is 52.0 Å². The number of nitrogens with two attached hydrogens (primary N) is 1. The van der Waals surface area contributed by atoms with E-state index in [1.807, 2.05) is 77.0 Å². The molecule has 0 saturated carbocycles. The molecule has 0 saturated heterocycles. The first kappa shape index (κ1) is 52.8. The minimum atomic E-state index is -0.894. The van der Waals surface area contributed by atoms with Crippen molar-refractivity contribution in [3.8, 4) is 0 Å². The average molecular weight is 778 g/mol. The van der Waals surface area contributed by atoms with Crippen LogP contribution in [-0.4, -0.2) is 78.0 Å². The number of aromatic nitrogens is 1. The topological polar surface area (TPSA) is 164 Å². The third-order valence-corrected chi connectivity index (χ3v) is 9.26. The number of unbranched alkanes of at least 4 members (excludes halogenated alkanes) is 1. The minimum absolute atomic E-state index is 0.00592. The largest absolute Gasteiger partial charge is 0.481 e. The molecular weight excluding hydrogens is 703 g/mol. The summed E-state index contributed by atoms with van der Waals surface area (Å²) in [4.78, 5) is 54.6. The second-order valence-electron chi connectivity index (χ2n) is 13.6. The number of carboxylic acids is 1. The molecule has 11 nitrogen and oxygen atoms in total. The molecule has 0 aliphatic carbocycles. The number of carbonyl (C=O) groups excluding carboxylic acids is 3. The molecule has 310 valence electrons. The Morgan fingerprint density at radius 2 is 1.59 bits per heavy atom. The molecule has 5 N–H and O–H groups in total. The van der Waals surface area contributed by atoms with E-state index in [1.54, 1.807) is 5.38 Å². The number of amides is 3. The van der Waals surface area contributed by atoms with Gasteiger partial charge in [-0.3, -0.25) is 19.2 Å². The van der Waals surface area contributed by atoms with Crippen LogP contribution in [0.3, 0.4) is 0 Å². The van der Waals surface area contributed by atoms with Crippen LogP contribution in [-0.2, 0) is 25.5 Å². The van der Waals surface area contributed by atoms with E-state index >= 15 is 0 Å². The monoisotopic (exact) mass is 778 g/mol. The predicted molar refractivity (Wildman–Crippen MR) is 224 cm³/mol. The molecule has 54 heavy (non-hydrogen) atoms. The molecule has 1 aromatic carbocycles. The molecule has 0 aliphatic rings. The Kier molecular flexibility index (Phi) is 32.3. The highest BCUT2D eigenvalue weighted by Gasteiger charge is 2.31. The molecule has 2 aromatic rings. The van der Waals surface area contributed by atoms with Crippen LogP contribution in [0.1, 0.15) is 154 Å². The van der Waals surface area contributed by atoms with Gasteiger partial charge in [-0.15, -0.1) is 11.3 Å². The number of carbonyl (C=O) groups is 4. The lowest BCUT2D eigenvalue weighted by atomic mass is 9.95. The lowest BCUT2D eigenvalue weighted by Crippen LogP contribution is -2.44. The van der Waals surface area contributed by atoms with Crippen molar-refractivity contribution >= 4 is 35.0 Å². The quantitative estimate of drug-likeness (QED) is 0.0874. The Balaban J connectivity index is 0. The van der Waals surface area contributed by atoms with Gasteiger partial charge in [0.05, 0.1) is 0 Å². The molecule has 4 atom stereocenters. The van der Waals surface area contributed by atoms with Crippen LogP contribution in [0.4, 0.5) is 0 Å². The van der Waals surface area contributed by atoms with Crippen molar-refractivity contribution < 1.29 is 29.0 Å². The number of hydrogen-bond donors (Lipinski definition) is 4. The summed E-state index contributed by atoms with van der Waals surface area (Å²) < 4.78 is 6.28. The molecule has 2 rings (SSSR count). The maximum atomic E-state index is 13.2. The summed E-state index contributed by atoms with van der Waals surface area (Å²) in [6, 6.07) is 9.38. The van der Waals surface area contributed by atoms with Gasteiger partial charge in [0.25, 0.3) is 5.91 Å². The van der Waals surface area contributed by atoms with Gasteiger partial charge in [0.2, 0.25) is 11.8 Å². The van der Waals surface area contributed by atoms with E-state index in [0.717, 1.165) is 42.7 Å². The molecule has 3 amide bonds. The maximum Gasteiger partial charge on any atom is 0.303 e. The van der Waals surface area contributed by atoms with Crippen LogP contribution >= 0.6 is 11.3 Å². The Labute approximate surface area is 331 Å². The van der Waals surface area contributed by atoms with Crippen LogP contribution in [0.25, 0.3) is 0 Å². The Morgan fingerprint density at radius 3 is 2.07 bits per heavy atom. The summed E-state index contributed by atoms with van der Waals surface area (Å²) in [6.07, 6.45) is 6.80. The zero-order valence-electron chi connectivity index (χ0n) is 35.4. The van der Waals surface area contributed by atoms with E-state index < -0.39 is 5.97 Å². The number of nitrogens with one attached hydrogen (secondary N) is 2. The molecule has 0 spiro atoms. The summed E-state index contributed by atoms with van der Waals surface area (Å²) in [5, 5.41) is 17.4. The summed E-state index contributed by atoms with van der Waals surface area (Å²) in [7, 11) is 3.75. The van der Waals surface area contributed by atoms with Crippen LogP contribution in [0.15, 0.2) is 35.7 Å². The number of rotatable bonds is 23. The summed E-state index contributed by atoms with van der Waals surface area (Å²) in [6.45, 7) is 19.9. The number of aliphatic carboxylic acids is 1. The molecule has 0 bridgehead atoms. The SMILES string of the molecule is CC.CCC(C)CC(N)=O.CCCCC(=O)N(CCC)C(CC(OCCC)c1nc(C(=O)NC(CCC(=O)O)Cc2ccccc2)cs1)C(C)C.CNC. The average Bonchev–Trinajstić information content (AvgIpc) is 3.64. The van der Waals surface area contributed by atoms with Gasteiger partial charge >= 0.3 is 5.97 Å². The number of ether oxygens (including phenoxy) is 1. The van der Waals surface area contributed by atoms with Gasteiger partial charge in [0, 0.05) is 56.3 Å². The number of nitrogens with zero attached hydrogens (tertiary/aromatic N) is 2. The van der Waals surface area contributed by atoms with Crippen molar-refractivity contribution in [2.45, 2.75) is 151 Å². The number of primary amides is 1. The molecular formula is C42H75N5O6S. The van der Waals surface area contributed by atoms with E-state index in [1.165, 1.54) is 11.3 Å². The third kappa shape index (κ3) is 24.1. The van der Waals surface area contributed by atoms with Gasteiger partial charge in [-0.2, -0.15) is 0 Å². The highest BCUT2D eigenvalue weighted by molar-refractivity contribution is 7.09. The molecule has 1 heterocycles. The first-order chi connectivity index (χ1) is 25.8. The molecule has 0 fully saturated rings. The summed E-state index contributed by atoms with van der Waals surface area (Å²) in [5.74, 6) is -0.543. The first-order valence-electron chi connectivity index (χ1n) is 20.1. The number of hydrogen-bond acceptors (Lipinski definition) is 8. The minimum Gasteiger partial charge on any atom is -0.481 e. The third-order valence-electron chi connectivity index (χ3n) is 8.32. The normalized spacial score (nSPS) is 12.7. The van der Waals surface area contributed by atoms with Gasteiger partial charge in [-0.25, -0.2) is 4.98 Å². The van der Waals surface area contributed by atoms with Gasteiger partial charge < -0.3 is 31.1 Å². The van der Waals surface area contributed by atoms with Crippen molar-refractivity contribution in [1.82, 2.24) is 20.5 Å². The number of carboxylic acid groups (broad SMARTS) is 1. The molecule has 0 aliphatic heterocycles. The molecule has 4 unspecified atom stereocenters. The van der Waals surface area contributed by atoms with Crippen molar-refractivity contribution in [1.29, 1.82) is 0 Å². The van der Waals surface area contributed by atoms with Crippen LogP contribution in [0, 0.1) is 11.8 Å². The van der Waals surface area contributed by atoms with Gasteiger partial charge in [0.1, 0.15) is 16.8 Å². The van der Waals surface area contributed by atoms with Crippen molar-refractivity contribution in [2.24, 2.45) is 17.6 Å². The standard InChI is InChI=1S/C32H49N3O5S.C6H13NO.C2H7N.C2H6/c1-6-9-15-29(36)35(18-7-2)27(23(4)5)21-28(40-19-8-3)32-34-26(22-41-32)31(39)33-25(16-17-30(37)38)20-24-13-11-10-12-14-24;1-3-5(2)4-6(7)8;1-3-2;1-2/h10-14,22-23,25,27-28H,6-9,15-21H2,1-5H3,(H,33,39)(H,37,38);5H,3-4H2,1-2H3,(H2,7,8);3H,1-2H3;1-2H3. The van der Waals surface area contributed by atoms with Crippen molar-refractivity contribution in [2.75, 3.05) is 27.2 Å². The molecule has 12 heteroatoms. The van der Waals surface area contributed by atoms with Gasteiger partial charge in [-0.1, -0.05) is 105 Å². The number of thiazole rings is 1. The molecule has 1 aromatic heterocycles. The zero-order chi connectivity index (χ0) is 41.5. The van der Waals surface area contributed by atoms with E-state index in [4.69, 9.17) is 15.5 Å². The predicted octanol–water partition coefficient (Wildman–Crippen LogP) is 8.43. The van der Waals surface area contributed by atoms with E-state index in [-0.39, 0.29) is 48.2 Å². The highest BCUT2D eigenvalue weighted by atomic mass is 32.1. The summed E-state index contributed by atoms with van der Waals surface area (Å²) in [5.41, 5.74) is 6.26. The fourth-order valence-corrected chi connectivity index (χ4v) is 6.23. The smallest absolute Gasteiger partial charge is 0.303 e. The van der Waals surface area contributed by atoms with Crippen LogP contribution < -0.4 is 16.4 Å². The summed E-state index contributed by atoms with van der Waals surface area (Å²) >= 11 is 1.39.